The number of hydrogen-bond donors (Lipinski definition) is 0. The van der Waals surface area contributed by atoms with Crippen molar-refractivity contribution in [3.8, 4) is 5.75 Å². The summed E-state index contributed by atoms with van der Waals surface area (Å²) in [4.78, 5) is 26.6. The lowest BCUT2D eigenvalue weighted by Gasteiger charge is -2.05. The monoisotopic (exact) mass is 334 g/mol. The summed E-state index contributed by atoms with van der Waals surface area (Å²) in [6, 6.07) is 11.8. The third kappa shape index (κ3) is 4.04. The van der Waals surface area contributed by atoms with Crippen LogP contribution in [0.3, 0.4) is 0 Å². The van der Waals surface area contributed by atoms with E-state index < -0.39 is 10.9 Å². The fourth-order valence-electron chi connectivity index (χ4n) is 1.72. The number of benzene rings is 2. The van der Waals surface area contributed by atoms with E-state index in [4.69, 9.17) is 21.2 Å². The van der Waals surface area contributed by atoms with Gasteiger partial charge in [0.05, 0.1) is 23.2 Å². The lowest BCUT2D eigenvalue weighted by atomic mass is 10.2. The second kappa shape index (κ2) is 7.37. The Kier molecular flexibility index (Phi) is 5.27. The molecule has 0 spiro atoms. The molecule has 0 unspecified atom stereocenters. The highest BCUT2D eigenvalue weighted by Crippen LogP contribution is 2.20. The number of halogens is 1. The van der Waals surface area contributed by atoms with Gasteiger partial charge in [0.25, 0.3) is 5.69 Å². The number of oxime groups is 1. The van der Waals surface area contributed by atoms with Crippen LogP contribution in [-0.4, -0.2) is 23.2 Å². The smallest absolute Gasteiger partial charge is 0.365 e. The van der Waals surface area contributed by atoms with Crippen LogP contribution in [0, 0.1) is 10.1 Å². The zero-order valence-corrected chi connectivity index (χ0v) is 12.7. The standard InChI is InChI=1S/C15H11ClN2O5/c1-22-13-5-3-2-4-12(13)14(16)17-23-15(19)10-6-8-11(9-7-10)18(20)21/h2-9H,1H3/b17-14-. The molecule has 2 rings (SSSR count). The number of methoxy groups -OCH3 is 1. The highest BCUT2D eigenvalue weighted by atomic mass is 35.5. The third-order valence-corrected chi connectivity index (χ3v) is 3.12. The molecule has 7 nitrogen and oxygen atoms in total. The average molecular weight is 335 g/mol. The van der Waals surface area contributed by atoms with Gasteiger partial charge in [0.1, 0.15) is 5.75 Å². The second-order valence-corrected chi connectivity index (χ2v) is 4.62. The molecular formula is C15H11ClN2O5. The van der Waals surface area contributed by atoms with E-state index in [1.54, 1.807) is 24.3 Å². The highest BCUT2D eigenvalue weighted by molar-refractivity contribution is 6.69. The maximum Gasteiger partial charge on any atom is 0.365 e. The lowest BCUT2D eigenvalue weighted by Crippen LogP contribution is -2.04. The number of nitro benzene ring substituents is 1. The summed E-state index contributed by atoms with van der Waals surface area (Å²) < 4.78 is 5.12. The topological polar surface area (TPSA) is 91.0 Å². The first-order valence-electron chi connectivity index (χ1n) is 6.35. The van der Waals surface area contributed by atoms with E-state index in [1.165, 1.54) is 31.4 Å². The van der Waals surface area contributed by atoms with Gasteiger partial charge < -0.3 is 9.57 Å². The van der Waals surface area contributed by atoms with Gasteiger partial charge in [0.15, 0.2) is 5.17 Å². The Morgan fingerprint density at radius 3 is 2.43 bits per heavy atom. The summed E-state index contributed by atoms with van der Waals surface area (Å²) in [7, 11) is 1.48. The Morgan fingerprint density at radius 2 is 1.83 bits per heavy atom. The van der Waals surface area contributed by atoms with Gasteiger partial charge in [-0.1, -0.05) is 28.9 Å². The molecule has 0 amide bonds. The molecule has 8 heteroatoms. The first-order valence-corrected chi connectivity index (χ1v) is 6.73. The summed E-state index contributed by atoms with van der Waals surface area (Å²) in [5.41, 5.74) is 0.453. The van der Waals surface area contributed by atoms with Gasteiger partial charge in [0.2, 0.25) is 0 Å². The van der Waals surface area contributed by atoms with Gasteiger partial charge in [-0.15, -0.1) is 0 Å². The van der Waals surface area contributed by atoms with Crippen molar-refractivity contribution in [3.63, 3.8) is 0 Å². The van der Waals surface area contributed by atoms with Crippen molar-refractivity contribution < 1.29 is 19.3 Å². The van der Waals surface area contributed by atoms with Crippen molar-refractivity contribution in [2.24, 2.45) is 5.16 Å². The zero-order valence-electron chi connectivity index (χ0n) is 11.9. The summed E-state index contributed by atoms with van der Waals surface area (Å²) in [5.74, 6) is -0.305. The number of carbonyl (C=O) groups is 1. The zero-order chi connectivity index (χ0) is 16.8. The molecule has 0 aromatic heterocycles. The van der Waals surface area contributed by atoms with Crippen LogP contribution in [0.4, 0.5) is 5.69 Å². The van der Waals surface area contributed by atoms with Crippen LogP contribution in [0.25, 0.3) is 0 Å². The van der Waals surface area contributed by atoms with Crippen molar-refractivity contribution >= 4 is 28.4 Å². The van der Waals surface area contributed by atoms with E-state index in [2.05, 4.69) is 5.16 Å². The third-order valence-electron chi connectivity index (χ3n) is 2.85. The van der Waals surface area contributed by atoms with Crippen LogP contribution >= 0.6 is 11.6 Å². The number of ether oxygens (including phenoxy) is 1. The van der Waals surface area contributed by atoms with Gasteiger partial charge in [-0.3, -0.25) is 10.1 Å². The van der Waals surface area contributed by atoms with Gasteiger partial charge >= 0.3 is 5.97 Å². The van der Waals surface area contributed by atoms with Crippen molar-refractivity contribution in [2.45, 2.75) is 0 Å². The van der Waals surface area contributed by atoms with Gasteiger partial charge in [-0.05, 0) is 24.3 Å². The first kappa shape index (κ1) is 16.4. The quantitative estimate of drug-likeness (QED) is 0.362. The van der Waals surface area contributed by atoms with Crippen LogP contribution in [0.5, 0.6) is 5.75 Å². The SMILES string of the molecule is COc1ccccc1/C(Cl)=N/OC(=O)c1ccc([N+](=O)[O-])cc1. The molecule has 0 aliphatic heterocycles. The molecule has 0 saturated carbocycles. The molecule has 0 atom stereocenters. The van der Waals surface area contributed by atoms with E-state index in [-0.39, 0.29) is 16.4 Å². The van der Waals surface area contributed by atoms with Crippen LogP contribution in [-0.2, 0) is 4.84 Å². The predicted molar refractivity (Wildman–Crippen MR) is 83.9 cm³/mol. The van der Waals surface area contributed by atoms with Crippen LogP contribution in [0.1, 0.15) is 15.9 Å². The number of nitrogens with zero attached hydrogens (tertiary/aromatic N) is 2. The normalized spacial score (nSPS) is 11.0. The molecule has 0 radical (unpaired) electrons. The molecule has 118 valence electrons. The van der Waals surface area contributed by atoms with Crippen LogP contribution < -0.4 is 4.74 Å². The second-order valence-electron chi connectivity index (χ2n) is 4.27. The summed E-state index contributed by atoms with van der Waals surface area (Å²) in [6.45, 7) is 0. The van der Waals surface area contributed by atoms with E-state index >= 15 is 0 Å². The Hall–Kier alpha value is -2.93. The molecule has 0 bridgehead atoms. The summed E-state index contributed by atoms with van der Waals surface area (Å²) in [6.07, 6.45) is 0. The predicted octanol–water partition coefficient (Wildman–Crippen LogP) is 3.36. The molecule has 0 aliphatic carbocycles. The molecule has 0 aliphatic rings. The number of hydrogen-bond acceptors (Lipinski definition) is 6. The molecule has 2 aromatic rings. The number of nitro groups is 1. The molecule has 0 saturated heterocycles. The molecular weight excluding hydrogens is 324 g/mol. The largest absolute Gasteiger partial charge is 0.496 e. The first-order chi connectivity index (χ1) is 11.0. The maximum atomic E-state index is 11.8. The van der Waals surface area contributed by atoms with Gasteiger partial charge in [-0.25, -0.2) is 4.79 Å². The van der Waals surface area contributed by atoms with E-state index in [1.807, 2.05) is 0 Å². The Labute approximate surface area is 136 Å². The van der Waals surface area contributed by atoms with Crippen LogP contribution in [0.15, 0.2) is 53.7 Å². The minimum atomic E-state index is -0.784. The number of para-hydroxylation sites is 1. The van der Waals surface area contributed by atoms with Crippen molar-refractivity contribution in [1.82, 2.24) is 0 Å². The van der Waals surface area contributed by atoms with Crippen molar-refractivity contribution in [3.05, 3.63) is 69.8 Å². The lowest BCUT2D eigenvalue weighted by molar-refractivity contribution is -0.384. The van der Waals surface area contributed by atoms with Crippen LogP contribution in [0.2, 0.25) is 0 Å². The maximum absolute atomic E-state index is 11.8. The van der Waals surface area contributed by atoms with Gasteiger partial charge in [-0.2, -0.15) is 0 Å². The van der Waals surface area contributed by atoms with E-state index in [9.17, 15) is 14.9 Å². The molecule has 0 heterocycles. The highest BCUT2D eigenvalue weighted by Gasteiger charge is 2.12. The molecule has 23 heavy (non-hydrogen) atoms. The Morgan fingerprint density at radius 1 is 1.17 bits per heavy atom. The summed E-state index contributed by atoms with van der Waals surface area (Å²) >= 11 is 5.99. The minimum absolute atomic E-state index is 0.0577. The fraction of sp³-hybridized carbons (Fsp3) is 0.0667. The minimum Gasteiger partial charge on any atom is -0.496 e. The van der Waals surface area contributed by atoms with E-state index in [0.29, 0.717) is 11.3 Å². The molecule has 0 N–H and O–H groups in total. The number of carbonyl (C=O) groups excluding carboxylic acids is 1. The number of rotatable bonds is 5. The Bertz CT molecular complexity index is 759. The molecule has 0 fully saturated rings. The Balaban J connectivity index is 2.12. The van der Waals surface area contributed by atoms with Crippen molar-refractivity contribution in [1.29, 1.82) is 0 Å². The van der Waals surface area contributed by atoms with Crippen molar-refractivity contribution in [2.75, 3.05) is 7.11 Å². The molecule has 2 aromatic carbocycles. The van der Waals surface area contributed by atoms with E-state index in [0.717, 1.165) is 0 Å². The summed E-state index contributed by atoms with van der Waals surface area (Å²) in [5, 5.41) is 14.1. The number of non-ortho nitro benzene ring substituents is 1. The average Bonchev–Trinajstić information content (AvgIpc) is 2.59. The van der Waals surface area contributed by atoms with Gasteiger partial charge in [0, 0.05) is 12.1 Å². The fourth-order valence-corrected chi connectivity index (χ4v) is 1.91.